The molecule has 1 aromatic rings. The summed E-state index contributed by atoms with van der Waals surface area (Å²) in [5.74, 6) is 0.852. The molecule has 0 spiro atoms. The van der Waals surface area contributed by atoms with Crippen LogP contribution in [0.2, 0.25) is 0 Å². The van der Waals surface area contributed by atoms with E-state index in [0.717, 1.165) is 57.7 Å². The van der Waals surface area contributed by atoms with Gasteiger partial charge >= 0.3 is 0 Å². The van der Waals surface area contributed by atoms with Crippen LogP contribution in [0.3, 0.4) is 0 Å². The molecule has 0 amide bonds. The fourth-order valence-electron chi connectivity index (χ4n) is 2.47. The summed E-state index contributed by atoms with van der Waals surface area (Å²) in [6.07, 6.45) is 9.86. The Bertz CT molecular complexity index is 366. The molecule has 0 aliphatic carbocycles. The molecule has 1 aliphatic heterocycles. The van der Waals surface area contributed by atoms with Crippen LogP contribution in [0.4, 0.5) is 5.95 Å². The van der Waals surface area contributed by atoms with E-state index in [1.807, 2.05) is 12.4 Å². The van der Waals surface area contributed by atoms with E-state index in [1.165, 1.54) is 5.56 Å². The van der Waals surface area contributed by atoms with E-state index in [-0.39, 0.29) is 0 Å². The van der Waals surface area contributed by atoms with E-state index in [4.69, 9.17) is 4.74 Å². The second-order valence-electron chi connectivity index (χ2n) is 5.22. The molecule has 0 bridgehead atoms. The standard InChI is InChI=1S/C15H25N3O/c1-3-6-13-10-16-15(17-11-13)18-8-5-7-14(12-18)19-9-4-2/h10-11,14H,3-9,12H2,1-2H3. The zero-order valence-corrected chi connectivity index (χ0v) is 12.1. The van der Waals surface area contributed by atoms with Crippen molar-refractivity contribution >= 4 is 5.95 Å². The van der Waals surface area contributed by atoms with Crippen molar-refractivity contribution in [3.63, 3.8) is 0 Å². The van der Waals surface area contributed by atoms with Crippen LogP contribution in [0.15, 0.2) is 12.4 Å². The predicted molar refractivity (Wildman–Crippen MR) is 77.5 cm³/mol. The van der Waals surface area contributed by atoms with Crippen LogP contribution in [-0.4, -0.2) is 35.8 Å². The van der Waals surface area contributed by atoms with Gasteiger partial charge in [-0.05, 0) is 31.2 Å². The van der Waals surface area contributed by atoms with Gasteiger partial charge in [-0.3, -0.25) is 0 Å². The number of anilines is 1. The van der Waals surface area contributed by atoms with E-state index in [9.17, 15) is 0 Å². The molecule has 0 saturated carbocycles. The lowest BCUT2D eigenvalue weighted by Crippen LogP contribution is -2.40. The molecule has 1 aliphatic rings. The molecule has 1 fully saturated rings. The maximum Gasteiger partial charge on any atom is 0.225 e. The van der Waals surface area contributed by atoms with Crippen molar-refractivity contribution in [3.05, 3.63) is 18.0 Å². The average Bonchev–Trinajstić information content (AvgIpc) is 2.46. The van der Waals surface area contributed by atoms with Crippen LogP contribution in [0.5, 0.6) is 0 Å². The number of piperidine rings is 1. The molecule has 1 atom stereocenters. The number of ether oxygens (including phenoxy) is 1. The fraction of sp³-hybridized carbons (Fsp3) is 0.733. The summed E-state index contributed by atoms with van der Waals surface area (Å²) in [6.45, 7) is 7.14. The largest absolute Gasteiger partial charge is 0.376 e. The topological polar surface area (TPSA) is 38.2 Å². The van der Waals surface area contributed by atoms with Gasteiger partial charge in [0.15, 0.2) is 0 Å². The van der Waals surface area contributed by atoms with Crippen molar-refractivity contribution in [1.29, 1.82) is 0 Å². The first-order valence-corrected chi connectivity index (χ1v) is 7.51. The lowest BCUT2D eigenvalue weighted by molar-refractivity contribution is 0.0437. The Balaban J connectivity index is 1.92. The molecular formula is C15H25N3O. The first kappa shape index (κ1) is 14.3. The van der Waals surface area contributed by atoms with Crippen LogP contribution >= 0.6 is 0 Å². The summed E-state index contributed by atoms with van der Waals surface area (Å²) in [4.78, 5) is 11.2. The van der Waals surface area contributed by atoms with Crippen molar-refractivity contribution < 1.29 is 4.74 Å². The van der Waals surface area contributed by atoms with Gasteiger partial charge in [0, 0.05) is 32.1 Å². The van der Waals surface area contributed by atoms with Gasteiger partial charge in [-0.1, -0.05) is 20.3 Å². The van der Waals surface area contributed by atoms with Gasteiger partial charge in [-0.2, -0.15) is 0 Å². The monoisotopic (exact) mass is 263 g/mol. The minimum absolute atomic E-state index is 0.340. The highest BCUT2D eigenvalue weighted by atomic mass is 16.5. The third kappa shape index (κ3) is 4.16. The van der Waals surface area contributed by atoms with Crippen LogP contribution < -0.4 is 4.90 Å². The third-order valence-electron chi connectivity index (χ3n) is 3.45. The number of aryl methyl sites for hydroxylation is 1. The Kier molecular flexibility index (Phi) is 5.58. The van der Waals surface area contributed by atoms with E-state index in [0.29, 0.717) is 6.10 Å². The van der Waals surface area contributed by atoms with E-state index in [1.54, 1.807) is 0 Å². The van der Waals surface area contributed by atoms with E-state index < -0.39 is 0 Å². The van der Waals surface area contributed by atoms with Crippen molar-refractivity contribution in [3.8, 4) is 0 Å². The molecular weight excluding hydrogens is 238 g/mol. The maximum absolute atomic E-state index is 5.85. The number of nitrogens with zero attached hydrogens (tertiary/aromatic N) is 3. The highest BCUT2D eigenvalue weighted by Gasteiger charge is 2.21. The Labute approximate surface area is 116 Å². The molecule has 0 N–H and O–H groups in total. The average molecular weight is 263 g/mol. The first-order valence-electron chi connectivity index (χ1n) is 7.51. The van der Waals surface area contributed by atoms with Crippen molar-refractivity contribution in [2.24, 2.45) is 0 Å². The summed E-state index contributed by atoms with van der Waals surface area (Å²) >= 11 is 0. The molecule has 19 heavy (non-hydrogen) atoms. The molecule has 2 rings (SSSR count). The zero-order chi connectivity index (χ0) is 13.5. The molecule has 106 valence electrons. The fourth-order valence-corrected chi connectivity index (χ4v) is 2.47. The Morgan fingerprint density at radius 3 is 2.74 bits per heavy atom. The minimum atomic E-state index is 0.340. The molecule has 1 saturated heterocycles. The summed E-state index contributed by atoms with van der Waals surface area (Å²) in [6, 6.07) is 0. The number of rotatable bonds is 6. The molecule has 2 heterocycles. The maximum atomic E-state index is 5.85. The lowest BCUT2D eigenvalue weighted by Gasteiger charge is -2.32. The van der Waals surface area contributed by atoms with E-state index in [2.05, 4.69) is 28.7 Å². The van der Waals surface area contributed by atoms with Gasteiger partial charge < -0.3 is 9.64 Å². The van der Waals surface area contributed by atoms with Crippen molar-refractivity contribution in [2.45, 2.75) is 52.1 Å². The van der Waals surface area contributed by atoms with Gasteiger partial charge in [-0.25, -0.2) is 9.97 Å². The molecule has 1 aromatic heterocycles. The number of hydrogen-bond donors (Lipinski definition) is 0. The second-order valence-corrected chi connectivity index (χ2v) is 5.22. The minimum Gasteiger partial charge on any atom is -0.376 e. The Morgan fingerprint density at radius 2 is 2.05 bits per heavy atom. The number of aromatic nitrogens is 2. The van der Waals surface area contributed by atoms with Crippen LogP contribution in [0, 0.1) is 0 Å². The van der Waals surface area contributed by atoms with Crippen molar-refractivity contribution in [1.82, 2.24) is 9.97 Å². The summed E-state index contributed by atoms with van der Waals surface area (Å²) in [5, 5.41) is 0. The molecule has 1 unspecified atom stereocenters. The highest BCUT2D eigenvalue weighted by molar-refractivity contribution is 5.30. The van der Waals surface area contributed by atoms with E-state index >= 15 is 0 Å². The second kappa shape index (κ2) is 7.43. The van der Waals surface area contributed by atoms with Gasteiger partial charge in [0.05, 0.1) is 6.10 Å². The Morgan fingerprint density at radius 1 is 1.26 bits per heavy atom. The Hall–Kier alpha value is -1.16. The smallest absolute Gasteiger partial charge is 0.225 e. The summed E-state index contributed by atoms with van der Waals surface area (Å²) < 4.78 is 5.85. The lowest BCUT2D eigenvalue weighted by atomic mass is 10.1. The van der Waals surface area contributed by atoms with Gasteiger partial charge in [0.25, 0.3) is 0 Å². The van der Waals surface area contributed by atoms with Gasteiger partial charge in [-0.15, -0.1) is 0 Å². The zero-order valence-electron chi connectivity index (χ0n) is 12.1. The van der Waals surface area contributed by atoms with Crippen LogP contribution in [0.1, 0.15) is 45.1 Å². The van der Waals surface area contributed by atoms with Crippen molar-refractivity contribution in [2.75, 3.05) is 24.6 Å². The first-order chi connectivity index (χ1) is 9.33. The quantitative estimate of drug-likeness (QED) is 0.791. The molecule has 0 radical (unpaired) electrons. The van der Waals surface area contributed by atoms with Gasteiger partial charge in [0.1, 0.15) is 0 Å². The van der Waals surface area contributed by atoms with Crippen LogP contribution in [0.25, 0.3) is 0 Å². The summed E-state index contributed by atoms with van der Waals surface area (Å²) in [7, 11) is 0. The predicted octanol–water partition coefficient (Wildman–Crippen LogP) is 2.82. The van der Waals surface area contributed by atoms with Gasteiger partial charge in [0.2, 0.25) is 5.95 Å². The third-order valence-corrected chi connectivity index (χ3v) is 3.45. The highest BCUT2D eigenvalue weighted by Crippen LogP contribution is 2.18. The van der Waals surface area contributed by atoms with Crippen LogP contribution in [-0.2, 0) is 11.2 Å². The summed E-state index contributed by atoms with van der Waals surface area (Å²) in [5.41, 5.74) is 1.22. The molecule has 4 heteroatoms. The SMILES string of the molecule is CCCOC1CCCN(c2ncc(CCC)cn2)C1. The normalized spacial score (nSPS) is 19.7. The number of hydrogen-bond acceptors (Lipinski definition) is 4. The molecule has 4 nitrogen and oxygen atoms in total. The molecule has 0 aromatic carbocycles.